The smallest absolute Gasteiger partial charge is 0.141 e. The van der Waals surface area contributed by atoms with E-state index in [0.717, 1.165) is 24.1 Å². The van der Waals surface area contributed by atoms with Crippen LogP contribution in [-0.4, -0.2) is 10.8 Å². The van der Waals surface area contributed by atoms with E-state index in [4.69, 9.17) is 0 Å². The summed E-state index contributed by atoms with van der Waals surface area (Å²) in [6.45, 7) is 6.13. The molecule has 0 radical (unpaired) electrons. The summed E-state index contributed by atoms with van der Waals surface area (Å²) in [4.78, 5) is 16.1. The van der Waals surface area contributed by atoms with E-state index >= 15 is 0 Å². The number of hydrogen-bond donors (Lipinski definition) is 0. The lowest BCUT2D eigenvalue weighted by Crippen LogP contribution is -2.15. The summed E-state index contributed by atoms with van der Waals surface area (Å²) in [7, 11) is 0. The van der Waals surface area contributed by atoms with Crippen molar-refractivity contribution in [3.8, 4) is 0 Å². The van der Waals surface area contributed by atoms with E-state index in [1.165, 1.54) is 0 Å². The van der Waals surface area contributed by atoms with Crippen LogP contribution in [0.3, 0.4) is 0 Å². The van der Waals surface area contributed by atoms with E-state index in [1.54, 1.807) is 0 Å². The minimum absolute atomic E-state index is 0.202. The Bertz CT molecular complexity index is 312. The van der Waals surface area contributed by atoms with Crippen molar-refractivity contribution < 1.29 is 4.79 Å². The van der Waals surface area contributed by atoms with Crippen molar-refractivity contribution in [3.05, 3.63) is 29.6 Å². The highest BCUT2D eigenvalue weighted by molar-refractivity contribution is 5.82. The molecule has 0 aliphatic carbocycles. The fraction of sp³-hybridized carbons (Fsp3) is 0.538. The van der Waals surface area contributed by atoms with E-state index in [1.807, 2.05) is 25.3 Å². The van der Waals surface area contributed by atoms with Gasteiger partial charge in [-0.1, -0.05) is 19.9 Å². The van der Waals surface area contributed by atoms with Gasteiger partial charge in [-0.3, -0.25) is 9.78 Å². The summed E-state index contributed by atoms with van der Waals surface area (Å²) in [6.07, 6.45) is 4.16. The highest BCUT2D eigenvalue weighted by Gasteiger charge is 2.14. The van der Waals surface area contributed by atoms with Crippen molar-refractivity contribution in [1.29, 1.82) is 0 Å². The first-order valence-corrected chi connectivity index (χ1v) is 5.61. The summed E-state index contributed by atoms with van der Waals surface area (Å²) in [6, 6.07) is 3.94. The third-order valence-corrected chi connectivity index (χ3v) is 2.77. The van der Waals surface area contributed by atoms with Crippen LogP contribution in [-0.2, 0) is 11.2 Å². The van der Waals surface area contributed by atoms with Crippen LogP contribution in [0.15, 0.2) is 18.3 Å². The number of pyridine rings is 1. The third-order valence-electron chi connectivity index (χ3n) is 2.77. The van der Waals surface area contributed by atoms with Crippen LogP contribution in [0.25, 0.3) is 0 Å². The number of aryl methyl sites for hydroxylation is 1. The molecule has 1 rings (SSSR count). The number of hydrogen-bond acceptors (Lipinski definition) is 2. The molecule has 0 bridgehead atoms. The SMILES string of the molecule is CCC(CC)C(=O)Cc1ccc(C)cn1. The molecule has 0 atom stereocenters. The number of rotatable bonds is 5. The Morgan fingerprint density at radius 3 is 2.47 bits per heavy atom. The van der Waals surface area contributed by atoms with Crippen LogP contribution in [0.5, 0.6) is 0 Å². The maximum Gasteiger partial charge on any atom is 0.141 e. The van der Waals surface area contributed by atoms with Crippen molar-refractivity contribution in [2.24, 2.45) is 5.92 Å². The Morgan fingerprint density at radius 1 is 1.33 bits per heavy atom. The molecule has 0 fully saturated rings. The molecule has 0 saturated carbocycles. The lowest BCUT2D eigenvalue weighted by atomic mass is 9.95. The van der Waals surface area contributed by atoms with Gasteiger partial charge >= 0.3 is 0 Å². The molecule has 82 valence electrons. The number of Topliss-reactive ketones (excluding diaryl/α,β-unsaturated/α-hetero) is 1. The number of carbonyl (C=O) groups excluding carboxylic acids is 1. The van der Waals surface area contributed by atoms with Crippen LogP contribution in [0.2, 0.25) is 0 Å². The summed E-state index contributed by atoms with van der Waals surface area (Å²) in [5.74, 6) is 0.518. The molecule has 0 amide bonds. The van der Waals surface area contributed by atoms with Crippen molar-refractivity contribution in [2.45, 2.75) is 40.0 Å². The van der Waals surface area contributed by atoms with E-state index in [-0.39, 0.29) is 5.92 Å². The molecule has 1 aromatic heterocycles. The van der Waals surface area contributed by atoms with E-state index < -0.39 is 0 Å². The first-order valence-electron chi connectivity index (χ1n) is 5.61. The Hall–Kier alpha value is -1.18. The largest absolute Gasteiger partial charge is 0.299 e. The molecule has 2 heteroatoms. The average molecular weight is 205 g/mol. The number of ketones is 1. The summed E-state index contributed by atoms with van der Waals surface area (Å²) >= 11 is 0. The van der Waals surface area contributed by atoms with Gasteiger partial charge < -0.3 is 0 Å². The zero-order valence-electron chi connectivity index (χ0n) is 9.79. The van der Waals surface area contributed by atoms with Gasteiger partial charge in [0.25, 0.3) is 0 Å². The normalized spacial score (nSPS) is 10.7. The first-order chi connectivity index (χ1) is 7.17. The summed E-state index contributed by atoms with van der Waals surface area (Å²) < 4.78 is 0. The standard InChI is InChI=1S/C13H19NO/c1-4-11(5-2)13(15)8-12-7-6-10(3)9-14-12/h6-7,9,11H,4-5,8H2,1-3H3. The molecule has 15 heavy (non-hydrogen) atoms. The van der Waals surface area contributed by atoms with Gasteiger partial charge in [0.1, 0.15) is 5.78 Å². The average Bonchev–Trinajstić information content (AvgIpc) is 2.23. The quantitative estimate of drug-likeness (QED) is 0.739. The van der Waals surface area contributed by atoms with Gasteiger partial charge in [0, 0.05) is 24.2 Å². The molecule has 0 aliphatic rings. The van der Waals surface area contributed by atoms with Crippen LogP contribution < -0.4 is 0 Å². The molecule has 0 saturated heterocycles. The Kier molecular flexibility index (Phi) is 4.47. The molecule has 0 unspecified atom stereocenters. The number of aromatic nitrogens is 1. The van der Waals surface area contributed by atoms with Gasteiger partial charge in [-0.15, -0.1) is 0 Å². The zero-order chi connectivity index (χ0) is 11.3. The summed E-state index contributed by atoms with van der Waals surface area (Å²) in [5.41, 5.74) is 2.02. The second-order valence-corrected chi connectivity index (χ2v) is 3.98. The maximum absolute atomic E-state index is 11.8. The van der Waals surface area contributed by atoms with E-state index in [0.29, 0.717) is 12.2 Å². The van der Waals surface area contributed by atoms with Crippen molar-refractivity contribution in [1.82, 2.24) is 4.98 Å². The maximum atomic E-state index is 11.8. The van der Waals surface area contributed by atoms with Gasteiger partial charge in [-0.2, -0.15) is 0 Å². The van der Waals surface area contributed by atoms with E-state index in [2.05, 4.69) is 18.8 Å². The predicted octanol–water partition coefficient (Wildman–Crippen LogP) is 2.94. The van der Waals surface area contributed by atoms with Gasteiger partial charge in [0.15, 0.2) is 0 Å². The lowest BCUT2D eigenvalue weighted by Gasteiger charge is -2.10. The van der Waals surface area contributed by atoms with Gasteiger partial charge in [-0.25, -0.2) is 0 Å². The highest BCUT2D eigenvalue weighted by atomic mass is 16.1. The lowest BCUT2D eigenvalue weighted by molar-refractivity contribution is -0.122. The highest BCUT2D eigenvalue weighted by Crippen LogP contribution is 2.12. The Balaban J connectivity index is 2.61. The molecule has 1 heterocycles. The van der Waals surface area contributed by atoms with Gasteiger partial charge in [0.2, 0.25) is 0 Å². The third kappa shape index (κ3) is 3.46. The zero-order valence-corrected chi connectivity index (χ0v) is 9.79. The molecular weight excluding hydrogens is 186 g/mol. The van der Waals surface area contributed by atoms with Crippen LogP contribution in [0.4, 0.5) is 0 Å². The summed E-state index contributed by atoms with van der Waals surface area (Å²) in [5, 5.41) is 0. The number of nitrogens with zero attached hydrogens (tertiary/aromatic N) is 1. The molecule has 0 aromatic carbocycles. The monoisotopic (exact) mass is 205 g/mol. The van der Waals surface area contributed by atoms with Crippen molar-refractivity contribution >= 4 is 5.78 Å². The van der Waals surface area contributed by atoms with Crippen molar-refractivity contribution in [2.75, 3.05) is 0 Å². The Morgan fingerprint density at radius 2 is 2.00 bits per heavy atom. The van der Waals surface area contributed by atoms with Gasteiger partial charge in [0.05, 0.1) is 0 Å². The minimum atomic E-state index is 0.202. The predicted molar refractivity (Wildman–Crippen MR) is 61.8 cm³/mol. The molecule has 0 spiro atoms. The first kappa shape index (κ1) is 11.9. The number of carbonyl (C=O) groups is 1. The van der Waals surface area contributed by atoms with Crippen LogP contribution in [0, 0.1) is 12.8 Å². The minimum Gasteiger partial charge on any atom is -0.299 e. The molecule has 1 aromatic rings. The van der Waals surface area contributed by atoms with Gasteiger partial charge in [-0.05, 0) is 31.4 Å². The van der Waals surface area contributed by atoms with Crippen molar-refractivity contribution in [3.63, 3.8) is 0 Å². The topological polar surface area (TPSA) is 30.0 Å². The van der Waals surface area contributed by atoms with E-state index in [9.17, 15) is 4.79 Å². The fourth-order valence-corrected chi connectivity index (χ4v) is 1.67. The molecular formula is C13H19NO. The second kappa shape index (κ2) is 5.64. The molecule has 2 nitrogen and oxygen atoms in total. The van der Waals surface area contributed by atoms with Crippen LogP contribution >= 0.6 is 0 Å². The molecule has 0 aliphatic heterocycles. The molecule has 0 N–H and O–H groups in total. The fourth-order valence-electron chi connectivity index (χ4n) is 1.67. The Labute approximate surface area is 91.7 Å². The van der Waals surface area contributed by atoms with Crippen LogP contribution in [0.1, 0.15) is 37.9 Å². The second-order valence-electron chi connectivity index (χ2n) is 3.98.